The van der Waals surface area contributed by atoms with Crippen molar-refractivity contribution in [1.29, 1.82) is 0 Å². The summed E-state index contributed by atoms with van der Waals surface area (Å²) in [4.78, 5) is 26.6. The van der Waals surface area contributed by atoms with Crippen LogP contribution in [0, 0.1) is 11.8 Å². The van der Waals surface area contributed by atoms with Crippen LogP contribution < -0.4 is 0 Å². The fourth-order valence-electron chi connectivity index (χ4n) is 5.36. The quantitative estimate of drug-likeness (QED) is 0.801. The van der Waals surface area contributed by atoms with E-state index in [-0.39, 0.29) is 6.04 Å². The average Bonchev–Trinajstić information content (AvgIpc) is 3.48. The van der Waals surface area contributed by atoms with E-state index < -0.39 is 0 Å². The van der Waals surface area contributed by atoms with Crippen molar-refractivity contribution in [3.8, 4) is 0 Å². The molecular formula is C24H30N4O. The molecule has 2 saturated heterocycles. The Morgan fingerprint density at radius 1 is 1.17 bits per heavy atom. The van der Waals surface area contributed by atoms with E-state index in [1.165, 1.54) is 16.5 Å². The van der Waals surface area contributed by atoms with Crippen LogP contribution in [0.3, 0.4) is 0 Å². The number of carbonyl (C=O) groups is 1. The number of hydrogen-bond acceptors (Lipinski definition) is 4. The standard InChI is InChI=1S/C24H30N4O/c1-16-10-18(15-28(13-16)23(29)11-17-7-9-27(2)14-17)19-5-6-21(22-12-26-22)24-20(19)4-3-8-25-24/h3-6,8,12,16-18,22H,7,9-11,13-15H2,1-2H3/t16-,17?,18+,22?/m1/s1. The minimum absolute atomic E-state index is 0.203. The molecule has 5 rings (SSSR count). The Balaban J connectivity index is 1.38. The fraction of sp³-hybridized carbons (Fsp3) is 0.542. The van der Waals surface area contributed by atoms with Crippen LogP contribution in [0.25, 0.3) is 10.9 Å². The molecule has 2 fully saturated rings. The molecule has 1 aromatic heterocycles. The first-order valence-electron chi connectivity index (χ1n) is 11.0. The summed E-state index contributed by atoms with van der Waals surface area (Å²) in [7, 11) is 2.15. The Bertz CT molecular complexity index is 949. The van der Waals surface area contributed by atoms with Gasteiger partial charge in [0.15, 0.2) is 0 Å². The minimum Gasteiger partial charge on any atom is -0.342 e. The van der Waals surface area contributed by atoms with Crippen LogP contribution >= 0.6 is 0 Å². The van der Waals surface area contributed by atoms with Crippen molar-refractivity contribution in [2.24, 2.45) is 16.8 Å². The van der Waals surface area contributed by atoms with Crippen LogP contribution in [-0.4, -0.2) is 60.1 Å². The summed E-state index contributed by atoms with van der Waals surface area (Å²) >= 11 is 0. The highest BCUT2D eigenvalue weighted by molar-refractivity contribution is 5.92. The molecule has 4 atom stereocenters. The van der Waals surface area contributed by atoms with Crippen molar-refractivity contribution in [1.82, 2.24) is 14.8 Å². The normalized spacial score (nSPS) is 29.5. The summed E-state index contributed by atoms with van der Waals surface area (Å²) < 4.78 is 0. The molecule has 0 bridgehead atoms. The number of aliphatic imine (C=N–C) groups is 1. The third kappa shape index (κ3) is 3.80. The molecule has 3 aliphatic rings. The van der Waals surface area contributed by atoms with Crippen LogP contribution in [-0.2, 0) is 4.79 Å². The van der Waals surface area contributed by atoms with Crippen LogP contribution in [0.2, 0.25) is 0 Å². The van der Waals surface area contributed by atoms with Gasteiger partial charge in [-0.3, -0.25) is 14.8 Å². The van der Waals surface area contributed by atoms with Crippen molar-refractivity contribution < 1.29 is 4.79 Å². The number of piperidine rings is 1. The Labute approximate surface area is 172 Å². The van der Waals surface area contributed by atoms with Crippen LogP contribution in [0.4, 0.5) is 0 Å². The van der Waals surface area contributed by atoms with Crippen LogP contribution in [0.5, 0.6) is 0 Å². The summed E-state index contributed by atoms with van der Waals surface area (Å²) in [5.41, 5.74) is 3.60. The minimum atomic E-state index is 0.203. The number of aromatic nitrogens is 1. The lowest BCUT2D eigenvalue weighted by Gasteiger charge is -2.37. The number of carbonyl (C=O) groups excluding carboxylic acids is 1. The molecule has 4 heterocycles. The van der Waals surface area contributed by atoms with Crippen molar-refractivity contribution >= 4 is 23.0 Å². The summed E-state index contributed by atoms with van der Waals surface area (Å²) in [6.45, 7) is 6.17. The van der Waals surface area contributed by atoms with Gasteiger partial charge in [-0.05, 0) is 49.9 Å². The SMILES string of the molecule is C[C@@H]1C[C@H](c2ccc(C3C=N3)c3ncccc23)CN(C(=O)CC2CCN(C)C2)C1. The molecule has 0 spiro atoms. The van der Waals surface area contributed by atoms with Crippen LogP contribution in [0.1, 0.15) is 49.3 Å². The van der Waals surface area contributed by atoms with E-state index in [2.05, 4.69) is 51.9 Å². The first-order valence-corrected chi connectivity index (χ1v) is 11.0. The highest BCUT2D eigenvalue weighted by Gasteiger charge is 2.32. The number of pyridine rings is 1. The van der Waals surface area contributed by atoms with E-state index in [0.717, 1.165) is 44.5 Å². The van der Waals surface area contributed by atoms with Crippen molar-refractivity contribution in [3.63, 3.8) is 0 Å². The zero-order chi connectivity index (χ0) is 20.0. The molecule has 152 valence electrons. The molecule has 0 N–H and O–H groups in total. The highest BCUT2D eigenvalue weighted by atomic mass is 16.2. The molecule has 2 aromatic rings. The van der Waals surface area contributed by atoms with Crippen molar-refractivity contribution in [3.05, 3.63) is 41.6 Å². The maximum atomic E-state index is 13.1. The largest absolute Gasteiger partial charge is 0.342 e. The van der Waals surface area contributed by atoms with Gasteiger partial charge in [0.1, 0.15) is 6.04 Å². The number of rotatable bonds is 4. The first kappa shape index (κ1) is 18.7. The number of amides is 1. The molecule has 0 radical (unpaired) electrons. The van der Waals surface area contributed by atoms with Crippen molar-refractivity contribution in [2.45, 2.75) is 38.1 Å². The van der Waals surface area contributed by atoms with Gasteiger partial charge >= 0.3 is 0 Å². The Hall–Kier alpha value is -2.27. The van der Waals surface area contributed by atoms with Gasteiger partial charge < -0.3 is 9.80 Å². The van der Waals surface area contributed by atoms with Gasteiger partial charge in [0.25, 0.3) is 0 Å². The smallest absolute Gasteiger partial charge is 0.222 e. The molecule has 5 nitrogen and oxygen atoms in total. The maximum Gasteiger partial charge on any atom is 0.222 e. The lowest BCUT2D eigenvalue weighted by molar-refractivity contribution is -0.134. The number of fused-ring (bicyclic) bond motifs is 1. The maximum absolute atomic E-state index is 13.1. The predicted octanol–water partition coefficient (Wildman–Crippen LogP) is 3.65. The van der Waals surface area contributed by atoms with Gasteiger partial charge in [0, 0.05) is 55.3 Å². The average molecular weight is 391 g/mol. The van der Waals surface area contributed by atoms with E-state index in [0.29, 0.717) is 30.1 Å². The van der Waals surface area contributed by atoms with E-state index in [1.807, 2.05) is 18.5 Å². The Kier molecular flexibility index (Phi) is 4.86. The van der Waals surface area contributed by atoms with Gasteiger partial charge in [-0.25, -0.2) is 0 Å². The van der Waals surface area contributed by atoms with Gasteiger partial charge in [-0.1, -0.05) is 25.1 Å². The van der Waals surface area contributed by atoms with Gasteiger partial charge in [-0.2, -0.15) is 0 Å². The molecule has 1 aromatic carbocycles. The topological polar surface area (TPSA) is 48.8 Å². The molecule has 1 amide bonds. The second kappa shape index (κ2) is 7.52. The third-order valence-electron chi connectivity index (χ3n) is 6.86. The van der Waals surface area contributed by atoms with Gasteiger partial charge in [0.05, 0.1) is 5.52 Å². The Morgan fingerprint density at radius 3 is 2.76 bits per heavy atom. The number of benzene rings is 1. The zero-order valence-electron chi connectivity index (χ0n) is 17.4. The van der Waals surface area contributed by atoms with Gasteiger partial charge in [0.2, 0.25) is 5.91 Å². The van der Waals surface area contributed by atoms with E-state index in [1.54, 1.807) is 0 Å². The Morgan fingerprint density at radius 2 is 2.00 bits per heavy atom. The van der Waals surface area contributed by atoms with E-state index in [9.17, 15) is 4.79 Å². The fourth-order valence-corrected chi connectivity index (χ4v) is 5.36. The molecular weight excluding hydrogens is 360 g/mol. The summed E-state index contributed by atoms with van der Waals surface area (Å²) in [6.07, 6.45) is 6.82. The zero-order valence-corrected chi connectivity index (χ0v) is 17.4. The number of likely N-dealkylation sites (tertiary alicyclic amines) is 2. The second-order valence-corrected chi connectivity index (χ2v) is 9.34. The molecule has 3 aliphatic heterocycles. The lowest BCUT2D eigenvalue weighted by Crippen LogP contribution is -2.43. The first-order chi connectivity index (χ1) is 14.1. The summed E-state index contributed by atoms with van der Waals surface area (Å²) in [5.74, 6) is 1.75. The number of hydrogen-bond donors (Lipinski definition) is 0. The highest BCUT2D eigenvalue weighted by Crippen LogP contribution is 2.38. The van der Waals surface area contributed by atoms with E-state index >= 15 is 0 Å². The summed E-state index contributed by atoms with van der Waals surface area (Å²) in [6, 6.07) is 8.87. The molecule has 29 heavy (non-hydrogen) atoms. The predicted molar refractivity (Wildman–Crippen MR) is 116 cm³/mol. The molecule has 5 heteroatoms. The molecule has 2 unspecified atom stereocenters. The van der Waals surface area contributed by atoms with Crippen LogP contribution in [0.15, 0.2) is 35.5 Å². The van der Waals surface area contributed by atoms with Crippen molar-refractivity contribution in [2.75, 3.05) is 33.2 Å². The summed E-state index contributed by atoms with van der Waals surface area (Å²) in [5, 5.41) is 1.23. The monoisotopic (exact) mass is 390 g/mol. The lowest BCUT2D eigenvalue weighted by atomic mass is 9.82. The van der Waals surface area contributed by atoms with E-state index in [4.69, 9.17) is 0 Å². The van der Waals surface area contributed by atoms with Gasteiger partial charge in [-0.15, -0.1) is 0 Å². The molecule has 0 aliphatic carbocycles. The second-order valence-electron chi connectivity index (χ2n) is 9.34. The number of nitrogens with zero attached hydrogens (tertiary/aromatic N) is 4. The molecule has 0 saturated carbocycles. The third-order valence-corrected chi connectivity index (χ3v) is 6.86.